The molecule has 0 aliphatic rings. The van der Waals surface area contributed by atoms with Crippen molar-refractivity contribution in [1.82, 2.24) is 10.2 Å². The maximum Gasteiger partial charge on any atom is 0.185 e. The second kappa shape index (κ2) is 3.92. The first kappa shape index (κ1) is 9.55. The first-order valence-electron chi connectivity index (χ1n) is 4.03. The third-order valence-corrected chi connectivity index (χ3v) is 1.11. The molecule has 0 bridgehead atoms. The van der Waals surface area contributed by atoms with Crippen molar-refractivity contribution in [1.29, 1.82) is 0 Å². The lowest BCUT2D eigenvalue weighted by Crippen LogP contribution is -2.07. The highest BCUT2D eigenvalue weighted by Gasteiger charge is 2.04. The Kier molecular flexibility index (Phi) is 2.88. The molecule has 0 N–H and O–H groups in total. The zero-order chi connectivity index (χ0) is 9.73. The Morgan fingerprint density at radius 3 is 2.69 bits per heavy atom. The molecule has 4 heteroatoms. The number of aromatic nitrogens is 2. The summed E-state index contributed by atoms with van der Waals surface area (Å²) in [6.45, 7) is 5.94. The predicted octanol–water partition coefficient (Wildman–Crippen LogP) is 2.08. The lowest BCUT2D eigenvalue weighted by atomic mass is 10.1. The fourth-order valence-electron chi connectivity index (χ4n) is 0.579. The van der Waals surface area contributed by atoms with Crippen LogP contribution >= 0.6 is 0 Å². The molecule has 0 amide bonds. The molecule has 0 aromatic carbocycles. The highest BCUT2D eigenvalue weighted by atomic mass is 15.1. The summed E-state index contributed by atoms with van der Waals surface area (Å²) in [7, 11) is 0. The van der Waals surface area contributed by atoms with Gasteiger partial charge in [-0.05, 0) is 32.9 Å². The van der Waals surface area contributed by atoms with Crippen LogP contribution in [0.3, 0.4) is 0 Å². The molecule has 0 spiro atoms. The second-order valence-corrected chi connectivity index (χ2v) is 3.58. The van der Waals surface area contributed by atoms with Crippen molar-refractivity contribution in [3.8, 4) is 0 Å². The normalized spacial score (nSPS) is 10.4. The van der Waals surface area contributed by atoms with Crippen LogP contribution < -0.4 is 0 Å². The van der Waals surface area contributed by atoms with Gasteiger partial charge in [-0.2, -0.15) is 10.1 Å². The van der Waals surface area contributed by atoms with Gasteiger partial charge in [-0.1, -0.05) is 0 Å². The number of hydrogen-bond acceptors (Lipinski definition) is 4. The topological polar surface area (TPSA) is 50.5 Å². The van der Waals surface area contributed by atoms with E-state index in [-0.39, 0.29) is 5.54 Å². The van der Waals surface area contributed by atoms with E-state index in [1.165, 1.54) is 0 Å². The lowest BCUT2D eigenvalue weighted by molar-refractivity contribution is 0.587. The predicted molar refractivity (Wildman–Crippen MR) is 51.3 cm³/mol. The van der Waals surface area contributed by atoms with Gasteiger partial charge in [-0.3, -0.25) is 0 Å². The monoisotopic (exact) mass is 176 g/mol. The van der Waals surface area contributed by atoms with Crippen LogP contribution in [0.1, 0.15) is 20.8 Å². The van der Waals surface area contributed by atoms with Crippen molar-refractivity contribution < 1.29 is 0 Å². The Bertz CT molecular complexity index is 317. The minimum atomic E-state index is -0.147. The van der Waals surface area contributed by atoms with Crippen LogP contribution in [0.25, 0.3) is 0 Å². The summed E-state index contributed by atoms with van der Waals surface area (Å²) in [4.78, 5) is 7.97. The zero-order valence-electron chi connectivity index (χ0n) is 8.02. The van der Waals surface area contributed by atoms with Crippen LogP contribution in [0, 0.1) is 0 Å². The van der Waals surface area contributed by atoms with E-state index in [9.17, 15) is 0 Å². The molecule has 0 atom stereocenters. The third-order valence-electron chi connectivity index (χ3n) is 1.11. The van der Waals surface area contributed by atoms with Crippen molar-refractivity contribution in [2.75, 3.05) is 0 Å². The SMILES string of the molecule is CC(C)(C)N=C=Nc1cccnn1. The molecule has 0 saturated heterocycles. The summed E-state index contributed by atoms with van der Waals surface area (Å²) in [5, 5.41) is 7.43. The van der Waals surface area contributed by atoms with Crippen LogP contribution in [0.5, 0.6) is 0 Å². The molecule has 1 heterocycles. The fourth-order valence-corrected chi connectivity index (χ4v) is 0.579. The van der Waals surface area contributed by atoms with Gasteiger partial charge in [-0.25, -0.2) is 4.99 Å². The van der Waals surface area contributed by atoms with Crippen molar-refractivity contribution in [3.63, 3.8) is 0 Å². The Hall–Kier alpha value is -1.54. The molecule has 0 saturated carbocycles. The van der Waals surface area contributed by atoms with Crippen LogP contribution in [0.4, 0.5) is 5.82 Å². The summed E-state index contributed by atoms with van der Waals surface area (Å²) in [6, 6.07) is 6.11. The first-order chi connectivity index (χ1) is 6.08. The molecule has 1 aromatic rings. The van der Waals surface area contributed by atoms with Gasteiger partial charge >= 0.3 is 0 Å². The highest BCUT2D eigenvalue weighted by molar-refractivity contribution is 5.49. The zero-order valence-corrected chi connectivity index (χ0v) is 8.02. The quantitative estimate of drug-likeness (QED) is 0.615. The van der Waals surface area contributed by atoms with Crippen molar-refractivity contribution in [2.45, 2.75) is 26.3 Å². The van der Waals surface area contributed by atoms with Gasteiger partial charge < -0.3 is 0 Å². The minimum Gasteiger partial charge on any atom is -0.219 e. The summed E-state index contributed by atoms with van der Waals surface area (Å²) < 4.78 is 0. The lowest BCUT2D eigenvalue weighted by Gasteiger charge is -2.06. The Morgan fingerprint density at radius 1 is 1.38 bits per heavy atom. The molecule has 0 unspecified atom stereocenters. The average molecular weight is 176 g/mol. The maximum absolute atomic E-state index is 4.07. The largest absolute Gasteiger partial charge is 0.219 e. The van der Waals surface area contributed by atoms with E-state index in [1.807, 2.05) is 20.8 Å². The van der Waals surface area contributed by atoms with E-state index in [1.54, 1.807) is 18.3 Å². The number of hydrogen-bond donors (Lipinski definition) is 0. The molecule has 68 valence electrons. The molecule has 1 rings (SSSR count). The maximum atomic E-state index is 4.07. The summed E-state index contributed by atoms with van der Waals surface area (Å²) in [5.41, 5.74) is -0.147. The van der Waals surface area contributed by atoms with Crippen molar-refractivity contribution in [2.24, 2.45) is 9.98 Å². The molecule has 0 aliphatic heterocycles. The van der Waals surface area contributed by atoms with Gasteiger partial charge in [0, 0.05) is 6.20 Å². The molecule has 13 heavy (non-hydrogen) atoms. The number of nitrogens with zero attached hydrogens (tertiary/aromatic N) is 4. The van der Waals surface area contributed by atoms with Crippen LogP contribution in [0.15, 0.2) is 28.3 Å². The van der Waals surface area contributed by atoms with E-state index in [0.717, 1.165) is 0 Å². The van der Waals surface area contributed by atoms with Gasteiger partial charge in [0.15, 0.2) is 5.82 Å². The van der Waals surface area contributed by atoms with Crippen molar-refractivity contribution >= 4 is 11.8 Å². The Labute approximate surface area is 77.5 Å². The Morgan fingerprint density at radius 2 is 2.15 bits per heavy atom. The van der Waals surface area contributed by atoms with Gasteiger partial charge in [0.05, 0.1) is 11.5 Å². The molecule has 0 fully saturated rings. The smallest absolute Gasteiger partial charge is 0.185 e. The van der Waals surface area contributed by atoms with Gasteiger partial charge in [-0.15, -0.1) is 5.10 Å². The average Bonchev–Trinajstić information content (AvgIpc) is 2.04. The van der Waals surface area contributed by atoms with E-state index < -0.39 is 0 Å². The third kappa shape index (κ3) is 4.13. The Balaban J connectivity index is 2.75. The minimum absolute atomic E-state index is 0.147. The van der Waals surface area contributed by atoms with Crippen LogP contribution in [0.2, 0.25) is 0 Å². The number of rotatable bonds is 1. The fraction of sp³-hybridized carbons (Fsp3) is 0.444. The van der Waals surface area contributed by atoms with E-state index in [0.29, 0.717) is 5.82 Å². The van der Waals surface area contributed by atoms with Gasteiger partial charge in [0.2, 0.25) is 0 Å². The standard InChI is InChI=1S/C9H12N4/c1-9(2,3)11-7-10-8-5-4-6-12-13-8/h4-6H,1-3H3. The molecule has 0 radical (unpaired) electrons. The van der Waals surface area contributed by atoms with E-state index >= 15 is 0 Å². The highest BCUT2D eigenvalue weighted by Crippen LogP contribution is 2.05. The summed E-state index contributed by atoms with van der Waals surface area (Å²) in [5.74, 6) is 0.524. The molecular formula is C9H12N4. The van der Waals surface area contributed by atoms with Gasteiger partial charge in [0.1, 0.15) is 0 Å². The second-order valence-electron chi connectivity index (χ2n) is 3.58. The molecule has 1 aromatic heterocycles. The van der Waals surface area contributed by atoms with Crippen LogP contribution in [-0.4, -0.2) is 21.7 Å². The van der Waals surface area contributed by atoms with Gasteiger partial charge in [0.25, 0.3) is 0 Å². The molecule has 4 nitrogen and oxygen atoms in total. The first-order valence-corrected chi connectivity index (χ1v) is 4.03. The molecule has 0 aliphatic carbocycles. The van der Waals surface area contributed by atoms with Crippen LogP contribution in [-0.2, 0) is 0 Å². The molecular weight excluding hydrogens is 164 g/mol. The van der Waals surface area contributed by atoms with Crippen molar-refractivity contribution in [3.05, 3.63) is 18.3 Å². The van der Waals surface area contributed by atoms with E-state index in [2.05, 4.69) is 26.2 Å². The summed E-state index contributed by atoms with van der Waals surface area (Å²) >= 11 is 0. The summed E-state index contributed by atoms with van der Waals surface area (Å²) in [6.07, 6.45) is 1.60. The van der Waals surface area contributed by atoms with E-state index in [4.69, 9.17) is 0 Å². The number of aliphatic imine (C=N–C) groups is 2.